The average Bonchev–Trinajstić information content (AvgIpc) is 2.41. The van der Waals surface area contributed by atoms with Gasteiger partial charge in [0.2, 0.25) is 5.82 Å². The number of nitro benzene ring substituents is 1. The first kappa shape index (κ1) is 15.9. The predicted molar refractivity (Wildman–Crippen MR) is 72.0 cm³/mol. The standard InChI is InChI=1S/C13H17FN2O4/c1-20-12(17)8-3-2-4-9-15-11-7-5-6-10(14)13(11)16(18)19/h5-7,15H,2-4,8-9H2,1H3. The number of methoxy groups -OCH3 is 1. The molecule has 0 aromatic heterocycles. The minimum atomic E-state index is -0.856. The molecule has 0 fully saturated rings. The van der Waals surface area contributed by atoms with Crippen molar-refractivity contribution >= 4 is 17.3 Å². The lowest BCUT2D eigenvalue weighted by atomic mass is 10.2. The quantitative estimate of drug-likeness (QED) is 0.343. The molecular weight excluding hydrogens is 267 g/mol. The first-order chi connectivity index (χ1) is 9.56. The molecular formula is C13H17FN2O4. The van der Waals surface area contributed by atoms with Crippen molar-refractivity contribution in [1.82, 2.24) is 0 Å². The van der Waals surface area contributed by atoms with Gasteiger partial charge in [-0.1, -0.05) is 12.5 Å². The number of nitro groups is 1. The highest BCUT2D eigenvalue weighted by Crippen LogP contribution is 2.27. The predicted octanol–water partition coefficient (Wildman–Crippen LogP) is 2.88. The Labute approximate surface area is 116 Å². The number of carbonyl (C=O) groups excluding carboxylic acids is 1. The van der Waals surface area contributed by atoms with Crippen LogP contribution < -0.4 is 5.32 Å². The second-order valence-corrected chi connectivity index (χ2v) is 4.21. The zero-order chi connectivity index (χ0) is 15.0. The summed E-state index contributed by atoms with van der Waals surface area (Å²) in [6.07, 6.45) is 2.56. The van der Waals surface area contributed by atoms with Gasteiger partial charge in [-0.2, -0.15) is 4.39 Å². The molecule has 20 heavy (non-hydrogen) atoms. The van der Waals surface area contributed by atoms with Gasteiger partial charge in [-0.25, -0.2) is 0 Å². The first-order valence-electron chi connectivity index (χ1n) is 6.30. The minimum Gasteiger partial charge on any atom is -0.469 e. The Morgan fingerprint density at radius 1 is 1.40 bits per heavy atom. The SMILES string of the molecule is COC(=O)CCCCCNc1cccc(F)c1[N+](=O)[O-]. The topological polar surface area (TPSA) is 81.5 Å². The van der Waals surface area contributed by atoms with Crippen molar-refractivity contribution in [1.29, 1.82) is 0 Å². The fourth-order valence-electron chi connectivity index (χ4n) is 1.74. The van der Waals surface area contributed by atoms with Crippen molar-refractivity contribution in [3.8, 4) is 0 Å². The summed E-state index contributed by atoms with van der Waals surface area (Å²) in [5, 5.41) is 13.6. The summed E-state index contributed by atoms with van der Waals surface area (Å²) in [6.45, 7) is 0.478. The van der Waals surface area contributed by atoms with E-state index in [4.69, 9.17) is 0 Å². The number of halogens is 1. The molecule has 7 heteroatoms. The third-order valence-electron chi connectivity index (χ3n) is 2.77. The molecule has 1 aromatic rings. The van der Waals surface area contributed by atoms with Crippen LogP contribution in [-0.4, -0.2) is 24.5 Å². The zero-order valence-electron chi connectivity index (χ0n) is 11.2. The Morgan fingerprint density at radius 3 is 2.80 bits per heavy atom. The summed E-state index contributed by atoms with van der Waals surface area (Å²) < 4.78 is 17.8. The number of benzene rings is 1. The molecule has 0 saturated carbocycles. The van der Waals surface area contributed by atoms with E-state index < -0.39 is 16.4 Å². The van der Waals surface area contributed by atoms with E-state index in [2.05, 4.69) is 10.1 Å². The number of ether oxygens (including phenoxy) is 1. The lowest BCUT2D eigenvalue weighted by Gasteiger charge is -2.07. The van der Waals surface area contributed by atoms with E-state index in [9.17, 15) is 19.3 Å². The number of para-hydroxylation sites is 1. The minimum absolute atomic E-state index is 0.169. The molecule has 0 bridgehead atoms. The van der Waals surface area contributed by atoms with Gasteiger partial charge in [-0.05, 0) is 25.0 Å². The van der Waals surface area contributed by atoms with Crippen LogP contribution in [0.5, 0.6) is 0 Å². The molecule has 0 heterocycles. The molecule has 0 aliphatic carbocycles. The molecule has 0 aliphatic heterocycles. The molecule has 6 nitrogen and oxygen atoms in total. The Kier molecular flexibility index (Phi) is 6.42. The van der Waals surface area contributed by atoms with Crippen LogP contribution in [0.15, 0.2) is 18.2 Å². The molecule has 0 aliphatic rings. The van der Waals surface area contributed by atoms with E-state index in [0.717, 1.165) is 18.9 Å². The van der Waals surface area contributed by atoms with E-state index in [-0.39, 0.29) is 11.7 Å². The van der Waals surface area contributed by atoms with Crippen molar-refractivity contribution in [2.24, 2.45) is 0 Å². The van der Waals surface area contributed by atoms with Crippen molar-refractivity contribution in [2.45, 2.75) is 25.7 Å². The molecule has 0 amide bonds. The number of hydrogen-bond donors (Lipinski definition) is 1. The largest absolute Gasteiger partial charge is 0.469 e. The van der Waals surface area contributed by atoms with E-state index >= 15 is 0 Å². The summed E-state index contributed by atoms with van der Waals surface area (Å²) in [6, 6.07) is 3.94. The Morgan fingerprint density at radius 2 is 2.15 bits per heavy atom. The highest BCUT2D eigenvalue weighted by molar-refractivity contribution is 5.69. The Hall–Kier alpha value is -2.18. The van der Waals surface area contributed by atoms with Crippen LogP contribution in [0.25, 0.3) is 0 Å². The summed E-state index contributed by atoms with van der Waals surface area (Å²) in [4.78, 5) is 20.9. The Balaban J connectivity index is 2.37. The molecule has 0 unspecified atom stereocenters. The van der Waals surface area contributed by atoms with Gasteiger partial charge in [0, 0.05) is 13.0 Å². The first-order valence-corrected chi connectivity index (χ1v) is 6.30. The number of carbonyl (C=O) groups is 1. The molecule has 1 aromatic carbocycles. The summed E-state index contributed by atoms with van der Waals surface area (Å²) in [5.41, 5.74) is -0.370. The van der Waals surface area contributed by atoms with Gasteiger partial charge in [0.1, 0.15) is 5.69 Å². The van der Waals surface area contributed by atoms with Crippen LogP contribution in [0.1, 0.15) is 25.7 Å². The molecule has 1 N–H and O–H groups in total. The average molecular weight is 284 g/mol. The number of nitrogens with one attached hydrogen (secondary N) is 1. The third-order valence-corrected chi connectivity index (χ3v) is 2.77. The highest BCUT2D eigenvalue weighted by atomic mass is 19.1. The number of unbranched alkanes of at least 4 members (excludes halogenated alkanes) is 2. The maximum atomic E-state index is 13.3. The molecule has 0 radical (unpaired) electrons. The van der Waals surface area contributed by atoms with Crippen molar-refractivity contribution in [3.05, 3.63) is 34.1 Å². The maximum absolute atomic E-state index is 13.3. The third kappa shape index (κ3) is 4.83. The van der Waals surface area contributed by atoms with Crippen molar-refractivity contribution in [3.63, 3.8) is 0 Å². The number of rotatable bonds is 8. The van der Waals surface area contributed by atoms with Crippen molar-refractivity contribution in [2.75, 3.05) is 19.0 Å². The molecule has 1 rings (SSSR count). The monoisotopic (exact) mass is 284 g/mol. The highest BCUT2D eigenvalue weighted by Gasteiger charge is 2.19. The van der Waals surface area contributed by atoms with Gasteiger partial charge in [-0.15, -0.1) is 0 Å². The lowest BCUT2D eigenvalue weighted by Crippen LogP contribution is -2.06. The fourth-order valence-corrected chi connectivity index (χ4v) is 1.74. The molecule has 0 atom stereocenters. The van der Waals surface area contributed by atoms with Gasteiger partial charge in [-0.3, -0.25) is 14.9 Å². The zero-order valence-corrected chi connectivity index (χ0v) is 11.2. The Bertz CT molecular complexity index is 479. The van der Waals surface area contributed by atoms with Gasteiger partial charge < -0.3 is 10.1 Å². The van der Waals surface area contributed by atoms with Crippen LogP contribution in [0.2, 0.25) is 0 Å². The molecule has 110 valence electrons. The van der Waals surface area contributed by atoms with Gasteiger partial charge in [0.15, 0.2) is 0 Å². The fraction of sp³-hybridized carbons (Fsp3) is 0.462. The molecule has 0 spiro atoms. The summed E-state index contributed by atoms with van der Waals surface area (Å²) in [5.74, 6) is -1.11. The van der Waals surface area contributed by atoms with E-state index in [0.29, 0.717) is 19.4 Å². The van der Waals surface area contributed by atoms with Gasteiger partial charge >= 0.3 is 11.7 Å². The normalized spacial score (nSPS) is 10.1. The van der Waals surface area contributed by atoms with Crippen LogP contribution >= 0.6 is 0 Å². The lowest BCUT2D eigenvalue weighted by molar-refractivity contribution is -0.386. The summed E-state index contributed by atoms with van der Waals surface area (Å²) >= 11 is 0. The summed E-state index contributed by atoms with van der Waals surface area (Å²) in [7, 11) is 1.34. The van der Waals surface area contributed by atoms with Crippen LogP contribution in [0.3, 0.4) is 0 Å². The van der Waals surface area contributed by atoms with E-state index in [1.807, 2.05) is 0 Å². The van der Waals surface area contributed by atoms with Crippen LogP contribution in [-0.2, 0) is 9.53 Å². The smallest absolute Gasteiger partial charge is 0.327 e. The van der Waals surface area contributed by atoms with Crippen LogP contribution in [0, 0.1) is 15.9 Å². The number of nitrogens with zero attached hydrogens (tertiary/aromatic N) is 1. The van der Waals surface area contributed by atoms with Crippen LogP contribution in [0.4, 0.5) is 15.8 Å². The van der Waals surface area contributed by atoms with E-state index in [1.165, 1.54) is 19.2 Å². The number of anilines is 1. The van der Waals surface area contributed by atoms with E-state index in [1.54, 1.807) is 0 Å². The van der Waals surface area contributed by atoms with Gasteiger partial charge in [0.25, 0.3) is 0 Å². The number of esters is 1. The maximum Gasteiger partial charge on any atom is 0.327 e. The second kappa shape index (κ2) is 8.08. The number of hydrogen-bond acceptors (Lipinski definition) is 5. The van der Waals surface area contributed by atoms with Gasteiger partial charge in [0.05, 0.1) is 12.0 Å². The molecule has 0 saturated heterocycles. The van der Waals surface area contributed by atoms with Crippen molar-refractivity contribution < 1.29 is 18.8 Å². The second-order valence-electron chi connectivity index (χ2n) is 4.21.